The third-order valence-corrected chi connectivity index (χ3v) is 5.70. The number of carbonyl (C=O) groups excluding carboxylic acids is 3. The molecule has 0 saturated heterocycles. The van der Waals surface area contributed by atoms with Gasteiger partial charge in [0.2, 0.25) is 5.91 Å². The number of halogens is 1. The van der Waals surface area contributed by atoms with Gasteiger partial charge in [-0.1, -0.05) is 46.3 Å². The Bertz CT molecular complexity index is 1090. The highest BCUT2D eigenvalue weighted by molar-refractivity contribution is 9.10. The van der Waals surface area contributed by atoms with Gasteiger partial charge in [-0.2, -0.15) is 5.10 Å². The van der Waals surface area contributed by atoms with Crippen LogP contribution in [0.1, 0.15) is 39.1 Å². The molecule has 2 aromatic carbocycles. The zero-order valence-electron chi connectivity index (χ0n) is 16.0. The number of hydrogen-bond acceptors (Lipinski definition) is 4. The Labute approximate surface area is 181 Å². The molecule has 152 valence electrons. The van der Waals surface area contributed by atoms with Gasteiger partial charge in [0.1, 0.15) is 5.82 Å². The Kier molecular flexibility index (Phi) is 5.76. The van der Waals surface area contributed by atoms with E-state index in [0.717, 1.165) is 10.0 Å². The normalized spacial score (nSPS) is 12.9. The summed E-state index contributed by atoms with van der Waals surface area (Å²) in [4.78, 5) is 38.3. The van der Waals surface area contributed by atoms with E-state index < -0.39 is 0 Å². The molecule has 0 unspecified atom stereocenters. The maximum Gasteiger partial charge on any atom is 0.261 e. The fourth-order valence-electron chi connectivity index (χ4n) is 3.40. The fourth-order valence-corrected chi connectivity index (χ4v) is 3.81. The number of carbonyl (C=O) groups is 3. The zero-order chi connectivity index (χ0) is 21.1. The predicted molar refractivity (Wildman–Crippen MR) is 115 cm³/mol. The number of anilines is 1. The smallest absolute Gasteiger partial charge is 0.261 e. The first-order chi connectivity index (χ1) is 14.5. The van der Waals surface area contributed by atoms with Crippen molar-refractivity contribution in [2.24, 2.45) is 0 Å². The maximum absolute atomic E-state index is 12.4. The van der Waals surface area contributed by atoms with Crippen molar-refractivity contribution >= 4 is 39.5 Å². The Hall–Kier alpha value is -3.26. The van der Waals surface area contributed by atoms with Gasteiger partial charge in [-0.15, -0.1) is 0 Å². The lowest BCUT2D eigenvalue weighted by Crippen LogP contribution is -2.31. The van der Waals surface area contributed by atoms with Crippen molar-refractivity contribution in [2.45, 2.75) is 19.4 Å². The van der Waals surface area contributed by atoms with Crippen LogP contribution in [-0.4, -0.2) is 38.9 Å². The van der Waals surface area contributed by atoms with Crippen molar-refractivity contribution in [3.05, 3.63) is 82.0 Å². The molecule has 3 aromatic rings. The first-order valence-corrected chi connectivity index (χ1v) is 10.3. The minimum absolute atomic E-state index is 0.188. The molecule has 1 aliphatic rings. The van der Waals surface area contributed by atoms with Crippen molar-refractivity contribution in [2.75, 3.05) is 11.9 Å². The number of hydrogen-bond donors (Lipinski definition) is 1. The number of nitrogens with one attached hydrogen (secondary N) is 1. The first-order valence-electron chi connectivity index (χ1n) is 9.55. The van der Waals surface area contributed by atoms with Crippen LogP contribution in [-0.2, 0) is 11.3 Å². The number of nitrogens with zero attached hydrogens (tertiary/aromatic N) is 3. The quantitative estimate of drug-likeness (QED) is 0.537. The van der Waals surface area contributed by atoms with E-state index in [2.05, 4.69) is 26.3 Å². The molecule has 8 heteroatoms. The fraction of sp³-hybridized carbons (Fsp3) is 0.182. The summed E-state index contributed by atoms with van der Waals surface area (Å²) in [7, 11) is 0. The van der Waals surface area contributed by atoms with Crippen LogP contribution in [0.25, 0.3) is 0 Å². The second-order valence-electron chi connectivity index (χ2n) is 6.92. The number of benzene rings is 2. The van der Waals surface area contributed by atoms with Crippen LogP contribution >= 0.6 is 15.9 Å². The van der Waals surface area contributed by atoms with Crippen LogP contribution in [0.2, 0.25) is 0 Å². The third-order valence-electron chi connectivity index (χ3n) is 4.93. The number of rotatable bonds is 7. The zero-order valence-corrected chi connectivity index (χ0v) is 17.6. The predicted octanol–water partition coefficient (Wildman–Crippen LogP) is 3.71. The summed E-state index contributed by atoms with van der Waals surface area (Å²) in [5.74, 6) is -0.206. The van der Waals surface area contributed by atoms with Gasteiger partial charge < -0.3 is 5.32 Å². The van der Waals surface area contributed by atoms with Gasteiger partial charge in [-0.05, 0) is 30.2 Å². The van der Waals surface area contributed by atoms with Crippen molar-refractivity contribution in [1.29, 1.82) is 0 Å². The molecule has 1 N–H and O–H groups in total. The summed E-state index contributed by atoms with van der Waals surface area (Å²) in [6.07, 6.45) is 2.20. The Morgan fingerprint density at radius 2 is 1.63 bits per heavy atom. The average Bonchev–Trinajstić information content (AvgIpc) is 3.27. The second-order valence-corrected chi connectivity index (χ2v) is 7.78. The SMILES string of the molecule is O=C(CCCN1C(=O)c2ccccc2C1=O)Nc1ccnn1Cc1ccccc1Br. The van der Waals surface area contributed by atoms with Gasteiger partial charge in [0, 0.05) is 23.5 Å². The molecule has 4 rings (SSSR count). The van der Waals surface area contributed by atoms with Gasteiger partial charge in [0.25, 0.3) is 11.8 Å². The van der Waals surface area contributed by atoms with Gasteiger partial charge in [0.15, 0.2) is 0 Å². The summed E-state index contributed by atoms with van der Waals surface area (Å²) in [6, 6.07) is 16.3. The molecule has 0 spiro atoms. The first kappa shape index (κ1) is 20.0. The maximum atomic E-state index is 12.4. The van der Waals surface area contributed by atoms with Crippen molar-refractivity contribution < 1.29 is 14.4 Å². The van der Waals surface area contributed by atoms with E-state index in [0.29, 0.717) is 29.9 Å². The Morgan fingerprint density at radius 3 is 2.33 bits per heavy atom. The molecule has 2 heterocycles. The largest absolute Gasteiger partial charge is 0.311 e. The van der Waals surface area contributed by atoms with E-state index in [1.165, 1.54) is 4.90 Å². The molecule has 0 aliphatic carbocycles. The van der Waals surface area contributed by atoms with Gasteiger partial charge in [-0.25, -0.2) is 4.68 Å². The number of amides is 3. The summed E-state index contributed by atoms with van der Waals surface area (Å²) < 4.78 is 2.68. The molecule has 0 saturated carbocycles. The van der Waals surface area contributed by atoms with Crippen LogP contribution in [0.5, 0.6) is 0 Å². The standard InChI is InChI=1S/C22H19BrN4O3/c23-18-9-4-1-6-15(18)14-27-19(11-12-24-27)25-20(28)10-5-13-26-21(29)16-7-2-3-8-17(16)22(26)30/h1-4,6-9,11-12H,5,10,13-14H2,(H,25,28). The summed E-state index contributed by atoms with van der Waals surface area (Å²) in [5, 5.41) is 7.13. The average molecular weight is 467 g/mol. The highest BCUT2D eigenvalue weighted by Gasteiger charge is 2.34. The summed E-state index contributed by atoms with van der Waals surface area (Å²) in [5.41, 5.74) is 1.88. The van der Waals surface area contributed by atoms with Gasteiger partial charge in [-0.3, -0.25) is 19.3 Å². The topological polar surface area (TPSA) is 84.3 Å². The Balaban J connectivity index is 1.31. The molecule has 0 fully saturated rings. The van der Waals surface area contributed by atoms with Gasteiger partial charge >= 0.3 is 0 Å². The number of fused-ring (bicyclic) bond motifs is 1. The molecule has 30 heavy (non-hydrogen) atoms. The second kappa shape index (κ2) is 8.62. The molecular weight excluding hydrogens is 448 g/mol. The lowest BCUT2D eigenvalue weighted by atomic mass is 10.1. The van der Waals surface area contributed by atoms with Crippen LogP contribution in [0, 0.1) is 0 Å². The number of imide groups is 1. The molecule has 0 atom stereocenters. The van der Waals surface area contributed by atoms with E-state index in [-0.39, 0.29) is 30.7 Å². The van der Waals surface area contributed by atoms with Gasteiger partial charge in [0.05, 0.1) is 23.9 Å². The lowest BCUT2D eigenvalue weighted by Gasteiger charge is -2.14. The molecule has 0 bridgehead atoms. The van der Waals surface area contributed by atoms with Crippen molar-refractivity contribution in [1.82, 2.24) is 14.7 Å². The van der Waals surface area contributed by atoms with E-state index >= 15 is 0 Å². The molecule has 1 aliphatic heterocycles. The highest BCUT2D eigenvalue weighted by atomic mass is 79.9. The minimum Gasteiger partial charge on any atom is -0.311 e. The lowest BCUT2D eigenvalue weighted by molar-refractivity contribution is -0.116. The summed E-state index contributed by atoms with van der Waals surface area (Å²) >= 11 is 3.52. The minimum atomic E-state index is -0.303. The molecule has 3 amide bonds. The van der Waals surface area contributed by atoms with E-state index in [1.807, 2.05) is 24.3 Å². The number of aromatic nitrogens is 2. The molecule has 0 radical (unpaired) electrons. The van der Waals surface area contributed by atoms with Crippen LogP contribution in [0.3, 0.4) is 0 Å². The van der Waals surface area contributed by atoms with Crippen LogP contribution < -0.4 is 5.32 Å². The highest BCUT2D eigenvalue weighted by Crippen LogP contribution is 2.23. The monoisotopic (exact) mass is 466 g/mol. The molecule has 7 nitrogen and oxygen atoms in total. The van der Waals surface area contributed by atoms with E-state index in [9.17, 15) is 14.4 Å². The van der Waals surface area contributed by atoms with E-state index in [1.54, 1.807) is 41.2 Å². The van der Waals surface area contributed by atoms with E-state index in [4.69, 9.17) is 0 Å². The molecule has 1 aromatic heterocycles. The Morgan fingerprint density at radius 1 is 0.967 bits per heavy atom. The van der Waals surface area contributed by atoms with Crippen LogP contribution in [0.15, 0.2) is 65.3 Å². The van der Waals surface area contributed by atoms with Crippen molar-refractivity contribution in [3.63, 3.8) is 0 Å². The van der Waals surface area contributed by atoms with Crippen LogP contribution in [0.4, 0.5) is 5.82 Å². The van der Waals surface area contributed by atoms with Crippen molar-refractivity contribution in [3.8, 4) is 0 Å². The molecular formula is C22H19BrN4O3. The summed E-state index contributed by atoms with van der Waals surface area (Å²) in [6.45, 7) is 0.717. The third kappa shape index (κ3) is 4.04.